The van der Waals surface area contributed by atoms with Crippen LogP contribution in [-0.4, -0.2) is 11.3 Å². The van der Waals surface area contributed by atoms with E-state index in [0.29, 0.717) is 11.3 Å². The molecule has 5 heteroatoms. The first-order chi connectivity index (χ1) is 8.02. The van der Waals surface area contributed by atoms with Gasteiger partial charge in [0.15, 0.2) is 8.15 Å². The molecule has 0 saturated heterocycles. The Hall–Kier alpha value is 0.744. The average Bonchev–Trinajstić information content (AvgIpc) is 2.27. The molecule has 0 N–H and O–H groups in total. The summed E-state index contributed by atoms with van der Waals surface area (Å²) in [5.74, 6) is 0.892. The molecule has 0 aliphatic rings. The van der Waals surface area contributed by atoms with Gasteiger partial charge in [-0.05, 0) is 27.7 Å². The van der Waals surface area contributed by atoms with Gasteiger partial charge >= 0.3 is 35.6 Å². The molecule has 1 nitrogen and oxygen atoms in total. The minimum atomic E-state index is -0.762. The Balaban J connectivity index is 0.000000770. The summed E-state index contributed by atoms with van der Waals surface area (Å²) in [6.07, 6.45) is 0. The Labute approximate surface area is 123 Å². The van der Waals surface area contributed by atoms with Crippen molar-refractivity contribution in [1.82, 2.24) is 0 Å². The van der Waals surface area contributed by atoms with Crippen molar-refractivity contribution >= 4 is 26.8 Å². The van der Waals surface area contributed by atoms with Crippen molar-refractivity contribution in [2.75, 3.05) is 0 Å². The Morgan fingerprint density at radius 1 is 1.18 bits per heavy atom. The van der Waals surface area contributed by atoms with E-state index >= 15 is 0 Å². The predicted molar refractivity (Wildman–Crippen MR) is 76.2 cm³/mol. The third-order valence-electron chi connectivity index (χ3n) is 2.05. The summed E-state index contributed by atoms with van der Waals surface area (Å²) >= 11 is -0.556. The van der Waals surface area contributed by atoms with Crippen LogP contribution in [0.1, 0.15) is 27.7 Å². The molecule has 0 fully saturated rings. The number of hydrogen-bond donors (Lipinski definition) is 0. The third-order valence-corrected chi connectivity index (χ3v) is 4.78. The molecule has 1 aromatic rings. The van der Waals surface area contributed by atoms with E-state index < -0.39 is 25.2 Å². The summed E-state index contributed by atoms with van der Waals surface area (Å²) in [5.41, 5.74) is 1.27. The van der Waals surface area contributed by atoms with Crippen LogP contribution in [0.3, 0.4) is 0 Å². The monoisotopic (exact) mass is 328 g/mol. The van der Waals surface area contributed by atoms with Gasteiger partial charge in [0.1, 0.15) is 0 Å². The Kier molecular flexibility index (Phi) is 11.1. The predicted octanol–water partition coefficient (Wildman–Crippen LogP) is 5.19. The Morgan fingerprint density at radius 2 is 1.71 bits per heavy atom. The van der Waals surface area contributed by atoms with Gasteiger partial charge in [-0.3, -0.25) is 0 Å². The molecule has 0 atom stereocenters. The molecule has 0 aliphatic heterocycles. The van der Waals surface area contributed by atoms with Crippen molar-refractivity contribution in [3.8, 4) is 5.75 Å². The van der Waals surface area contributed by atoms with Crippen molar-refractivity contribution in [3.63, 3.8) is 0 Å². The van der Waals surface area contributed by atoms with Gasteiger partial charge in [-0.1, -0.05) is 0 Å². The molecule has 0 heterocycles. The first-order valence-corrected chi connectivity index (χ1v) is 11.4. The molecule has 0 radical (unpaired) electrons. The molecule has 0 amide bonds. The minimum absolute atomic E-state index is 0.556. The van der Waals surface area contributed by atoms with E-state index in [9.17, 15) is 0 Å². The van der Waals surface area contributed by atoms with Crippen LogP contribution in [0.4, 0.5) is 0 Å². The summed E-state index contributed by atoms with van der Waals surface area (Å²) in [5, 5.41) is 0. The summed E-state index contributed by atoms with van der Waals surface area (Å²) in [4.78, 5) is 0. The molecule has 1 aromatic carbocycles. The summed E-state index contributed by atoms with van der Waals surface area (Å²) in [6.45, 7) is 8.93. The van der Waals surface area contributed by atoms with Crippen molar-refractivity contribution in [2.24, 2.45) is 0 Å². The van der Waals surface area contributed by atoms with Crippen LogP contribution in [-0.2, 0) is 17.0 Å². The van der Waals surface area contributed by atoms with Crippen LogP contribution < -0.4 is 4.52 Å². The molecular formula is C12H19Cl2OPTi. The molecule has 0 aromatic heterocycles. The van der Waals surface area contributed by atoms with Gasteiger partial charge in [-0.2, -0.15) is 18.2 Å². The zero-order chi connectivity index (χ0) is 13.3. The van der Waals surface area contributed by atoms with Gasteiger partial charge in [-0.15, -0.1) is 12.1 Å². The summed E-state index contributed by atoms with van der Waals surface area (Å²) in [7, 11) is 9.02. The standard InChI is InChI=1S/C12H18OP.2ClH.Ti/c1-10(2)14(11(3)4)13-12-8-6-5-7-9-12;;;/h5-8,10-11H,1-4H3;2*1H;/q-1;;;+2/p-1. The zero-order valence-corrected chi connectivity index (χ0v) is 14.7. The summed E-state index contributed by atoms with van der Waals surface area (Å²) < 4.78 is 5.98. The van der Waals surface area contributed by atoms with E-state index in [1.807, 2.05) is 24.3 Å². The molecule has 17 heavy (non-hydrogen) atoms. The van der Waals surface area contributed by atoms with Crippen LogP contribution >= 0.6 is 26.8 Å². The fourth-order valence-electron chi connectivity index (χ4n) is 1.47. The Bertz CT molecular complexity index is 275. The van der Waals surface area contributed by atoms with Crippen LogP contribution in [0.25, 0.3) is 0 Å². The molecule has 0 saturated carbocycles. The fraction of sp³-hybridized carbons (Fsp3) is 0.500. The number of para-hydroxylation sites is 1. The second-order valence-electron chi connectivity index (χ2n) is 4.11. The first kappa shape index (κ1) is 17.7. The first-order valence-electron chi connectivity index (χ1n) is 5.50. The van der Waals surface area contributed by atoms with Crippen molar-refractivity contribution in [1.29, 1.82) is 0 Å². The second kappa shape index (κ2) is 10.6. The zero-order valence-electron chi connectivity index (χ0n) is 10.6. The van der Waals surface area contributed by atoms with Gasteiger partial charge in [0.05, 0.1) is 17.1 Å². The van der Waals surface area contributed by atoms with Crippen LogP contribution in [0, 0.1) is 6.07 Å². The van der Waals surface area contributed by atoms with Crippen LogP contribution in [0.2, 0.25) is 0 Å². The SMILES string of the molecule is CC(C)[PH+](Oc1[c-]cccc1)C(C)C.[Cl][Ti][Cl]. The maximum absolute atomic E-state index is 5.98. The third kappa shape index (κ3) is 8.46. The summed E-state index contributed by atoms with van der Waals surface area (Å²) in [6, 6.07) is 10.9. The molecule has 0 bridgehead atoms. The van der Waals surface area contributed by atoms with E-state index in [2.05, 4.69) is 33.8 Å². The second-order valence-corrected chi connectivity index (χ2v) is 10.0. The normalized spacial score (nSPS) is 10.2. The van der Waals surface area contributed by atoms with Gasteiger partial charge in [-0.25, -0.2) is 0 Å². The number of hydrogen-bond acceptors (Lipinski definition) is 1. The molecule has 96 valence electrons. The van der Waals surface area contributed by atoms with Crippen LogP contribution in [0.5, 0.6) is 5.75 Å². The van der Waals surface area contributed by atoms with E-state index in [-0.39, 0.29) is 0 Å². The van der Waals surface area contributed by atoms with Gasteiger partial charge in [0.2, 0.25) is 0 Å². The molecular weight excluding hydrogens is 310 g/mol. The fourth-order valence-corrected chi connectivity index (χ4v) is 3.66. The van der Waals surface area contributed by atoms with E-state index in [0.717, 1.165) is 5.75 Å². The van der Waals surface area contributed by atoms with Crippen LogP contribution in [0.15, 0.2) is 24.3 Å². The number of benzene rings is 1. The maximum atomic E-state index is 5.98. The Morgan fingerprint density at radius 3 is 2.06 bits per heavy atom. The van der Waals surface area contributed by atoms with E-state index in [4.69, 9.17) is 23.1 Å². The topological polar surface area (TPSA) is 9.23 Å². The van der Waals surface area contributed by atoms with E-state index in [1.165, 1.54) is 0 Å². The number of rotatable bonds is 4. The van der Waals surface area contributed by atoms with Gasteiger partial charge < -0.3 is 4.52 Å². The average molecular weight is 329 g/mol. The van der Waals surface area contributed by atoms with E-state index in [1.54, 1.807) is 0 Å². The van der Waals surface area contributed by atoms with Crippen molar-refractivity contribution in [2.45, 2.75) is 39.0 Å². The number of halogens is 2. The molecule has 0 unspecified atom stereocenters. The van der Waals surface area contributed by atoms with Gasteiger partial charge in [0, 0.05) is 0 Å². The molecule has 1 rings (SSSR count). The molecule has 0 spiro atoms. The van der Waals surface area contributed by atoms with Crippen molar-refractivity contribution in [3.05, 3.63) is 30.3 Å². The molecule has 0 aliphatic carbocycles. The van der Waals surface area contributed by atoms with Crippen molar-refractivity contribution < 1.29 is 21.6 Å². The van der Waals surface area contributed by atoms with Gasteiger partial charge in [0.25, 0.3) is 0 Å². The quantitative estimate of drug-likeness (QED) is 0.420.